The quantitative estimate of drug-likeness (QED) is 0.370. The molecule has 208 valence electrons. The van der Waals surface area contributed by atoms with Gasteiger partial charge in [-0.3, -0.25) is 0 Å². The summed E-state index contributed by atoms with van der Waals surface area (Å²) in [6.45, 7) is 8.33. The van der Waals surface area contributed by atoms with Crippen LogP contribution in [-0.2, 0) is 20.0 Å². The SMILES string of the molecule is CC1(C)C2CCC1(CS(=O)(=O)NC1CCCCC1NS(=O)(=O)C[C@]13CCC(C[C@@H]1O)C3(C)C)C(O)C2. The van der Waals surface area contributed by atoms with Gasteiger partial charge in [0.25, 0.3) is 0 Å². The first-order valence-corrected chi connectivity index (χ1v) is 17.2. The van der Waals surface area contributed by atoms with E-state index in [0.29, 0.717) is 50.4 Å². The lowest BCUT2D eigenvalue weighted by Crippen LogP contribution is -2.57. The van der Waals surface area contributed by atoms with Crippen molar-refractivity contribution in [2.75, 3.05) is 11.5 Å². The summed E-state index contributed by atoms with van der Waals surface area (Å²) in [4.78, 5) is 0. The Morgan fingerprint density at radius 3 is 1.31 bits per heavy atom. The molecule has 5 fully saturated rings. The van der Waals surface area contributed by atoms with Gasteiger partial charge in [-0.05, 0) is 74.0 Å². The highest BCUT2D eigenvalue weighted by atomic mass is 32.2. The molecular formula is C26H46N2O6S2. The minimum atomic E-state index is -3.75. The van der Waals surface area contributed by atoms with E-state index in [1.807, 2.05) is 0 Å². The Hall–Kier alpha value is -0.260. The number of aliphatic hydroxyl groups is 2. The molecule has 5 aliphatic carbocycles. The van der Waals surface area contributed by atoms with Gasteiger partial charge >= 0.3 is 0 Å². The number of aliphatic hydroxyl groups excluding tert-OH is 2. The van der Waals surface area contributed by atoms with Crippen LogP contribution in [0.4, 0.5) is 0 Å². The molecule has 0 aromatic heterocycles. The summed E-state index contributed by atoms with van der Waals surface area (Å²) in [6, 6.07) is -1.02. The van der Waals surface area contributed by atoms with Crippen LogP contribution in [0.25, 0.3) is 0 Å². The molecule has 0 radical (unpaired) electrons. The smallest absolute Gasteiger partial charge is 0.212 e. The normalized spacial score (nSPS) is 45.4. The first-order valence-electron chi connectivity index (χ1n) is 13.9. The number of fused-ring (bicyclic) bond motifs is 4. The lowest BCUT2D eigenvalue weighted by Gasteiger charge is -2.42. The highest BCUT2D eigenvalue weighted by Crippen LogP contribution is 2.67. The molecule has 36 heavy (non-hydrogen) atoms. The maximum absolute atomic E-state index is 13.5. The van der Waals surface area contributed by atoms with Gasteiger partial charge in [-0.25, -0.2) is 26.3 Å². The fraction of sp³-hybridized carbons (Fsp3) is 1.00. The Morgan fingerprint density at radius 2 is 1.03 bits per heavy atom. The molecule has 8 atom stereocenters. The monoisotopic (exact) mass is 546 g/mol. The minimum absolute atomic E-state index is 0.120. The fourth-order valence-electron chi connectivity index (χ4n) is 9.39. The fourth-order valence-corrected chi connectivity index (χ4v) is 13.8. The third-order valence-electron chi connectivity index (χ3n) is 12.1. The van der Waals surface area contributed by atoms with Crippen LogP contribution in [0.5, 0.6) is 0 Å². The van der Waals surface area contributed by atoms with Gasteiger partial charge in [0.1, 0.15) is 0 Å². The summed E-state index contributed by atoms with van der Waals surface area (Å²) in [5.74, 6) is 0.431. The molecule has 10 heteroatoms. The van der Waals surface area contributed by atoms with E-state index < -0.39 is 55.2 Å². The molecule has 0 aliphatic heterocycles. The van der Waals surface area contributed by atoms with Crippen LogP contribution in [0.2, 0.25) is 0 Å². The lowest BCUT2D eigenvalue weighted by molar-refractivity contribution is 0.0148. The maximum Gasteiger partial charge on any atom is 0.212 e. The first-order chi connectivity index (χ1) is 16.6. The topological polar surface area (TPSA) is 133 Å². The molecule has 0 saturated heterocycles. The van der Waals surface area contributed by atoms with Crippen molar-refractivity contribution in [3.63, 3.8) is 0 Å². The van der Waals surface area contributed by atoms with Crippen LogP contribution in [0.3, 0.4) is 0 Å². The predicted octanol–water partition coefficient (Wildman–Crippen LogP) is 2.51. The molecule has 0 amide bonds. The Labute approximate surface area is 217 Å². The van der Waals surface area contributed by atoms with Crippen LogP contribution < -0.4 is 9.44 Å². The van der Waals surface area contributed by atoms with Crippen LogP contribution >= 0.6 is 0 Å². The van der Waals surface area contributed by atoms with E-state index in [0.717, 1.165) is 25.7 Å². The number of rotatable bonds is 8. The summed E-state index contributed by atoms with van der Waals surface area (Å²) in [5, 5.41) is 21.7. The van der Waals surface area contributed by atoms with Gasteiger partial charge in [0.05, 0.1) is 23.7 Å². The highest BCUT2D eigenvalue weighted by Gasteiger charge is 2.66. The molecule has 0 heterocycles. The molecule has 4 N–H and O–H groups in total. The summed E-state index contributed by atoms with van der Waals surface area (Å²) in [6.07, 6.45) is 6.17. The molecule has 5 rings (SSSR count). The Bertz CT molecular complexity index is 1000. The lowest BCUT2D eigenvalue weighted by atomic mass is 9.70. The van der Waals surface area contributed by atoms with E-state index in [9.17, 15) is 27.0 Å². The van der Waals surface area contributed by atoms with Crippen molar-refractivity contribution in [1.29, 1.82) is 0 Å². The van der Waals surface area contributed by atoms with Gasteiger partial charge in [0, 0.05) is 22.9 Å². The van der Waals surface area contributed by atoms with Gasteiger partial charge in [0.2, 0.25) is 20.0 Å². The highest BCUT2D eigenvalue weighted by molar-refractivity contribution is 7.89. The molecule has 6 unspecified atom stereocenters. The molecule has 5 saturated carbocycles. The van der Waals surface area contributed by atoms with Gasteiger partial charge in [0.15, 0.2) is 0 Å². The zero-order valence-electron chi connectivity index (χ0n) is 22.3. The third kappa shape index (κ3) is 4.03. The van der Waals surface area contributed by atoms with Crippen molar-refractivity contribution in [2.24, 2.45) is 33.5 Å². The van der Waals surface area contributed by atoms with Crippen LogP contribution in [-0.4, -0.2) is 62.8 Å². The Balaban J connectivity index is 1.30. The zero-order chi connectivity index (χ0) is 26.4. The van der Waals surface area contributed by atoms with Crippen LogP contribution in [0.1, 0.15) is 91.9 Å². The maximum atomic E-state index is 13.5. The molecule has 4 bridgehead atoms. The molecule has 5 aliphatic rings. The molecular weight excluding hydrogens is 500 g/mol. The van der Waals surface area contributed by atoms with Crippen LogP contribution in [0.15, 0.2) is 0 Å². The van der Waals surface area contributed by atoms with E-state index >= 15 is 0 Å². The second-order valence-corrected chi connectivity index (χ2v) is 17.5. The third-order valence-corrected chi connectivity index (χ3v) is 15.2. The van der Waals surface area contributed by atoms with Crippen molar-refractivity contribution in [2.45, 2.75) is 116 Å². The van der Waals surface area contributed by atoms with Crippen molar-refractivity contribution < 1.29 is 27.0 Å². The minimum Gasteiger partial charge on any atom is -0.392 e. The summed E-state index contributed by atoms with van der Waals surface area (Å²) in [5.41, 5.74) is -1.81. The molecule has 8 nitrogen and oxygen atoms in total. The number of nitrogens with one attached hydrogen (secondary N) is 2. The Kier molecular flexibility index (Phi) is 6.54. The van der Waals surface area contributed by atoms with E-state index in [-0.39, 0.29) is 22.3 Å². The number of hydrogen-bond donors (Lipinski definition) is 4. The van der Waals surface area contributed by atoms with Gasteiger partial charge in [-0.2, -0.15) is 0 Å². The molecule has 0 aromatic rings. The summed E-state index contributed by atoms with van der Waals surface area (Å²) in [7, 11) is -7.49. The van der Waals surface area contributed by atoms with Crippen LogP contribution in [0, 0.1) is 33.5 Å². The van der Waals surface area contributed by atoms with E-state index in [1.54, 1.807) is 0 Å². The van der Waals surface area contributed by atoms with Crippen molar-refractivity contribution in [3.05, 3.63) is 0 Å². The average molecular weight is 547 g/mol. The number of hydrogen-bond acceptors (Lipinski definition) is 6. The number of sulfonamides is 2. The average Bonchev–Trinajstić information content (AvgIpc) is 3.27. The predicted molar refractivity (Wildman–Crippen MR) is 139 cm³/mol. The molecule has 0 spiro atoms. The van der Waals surface area contributed by atoms with Gasteiger partial charge < -0.3 is 10.2 Å². The van der Waals surface area contributed by atoms with Crippen molar-refractivity contribution in [3.8, 4) is 0 Å². The summed E-state index contributed by atoms with van der Waals surface area (Å²) >= 11 is 0. The van der Waals surface area contributed by atoms with Crippen molar-refractivity contribution >= 4 is 20.0 Å². The van der Waals surface area contributed by atoms with Crippen molar-refractivity contribution in [1.82, 2.24) is 9.44 Å². The first kappa shape index (κ1) is 27.3. The van der Waals surface area contributed by atoms with E-state index in [2.05, 4.69) is 37.1 Å². The summed E-state index contributed by atoms with van der Waals surface area (Å²) < 4.78 is 59.6. The van der Waals surface area contributed by atoms with Gasteiger partial charge in [-0.1, -0.05) is 40.5 Å². The second-order valence-electron chi connectivity index (χ2n) is 14.0. The second kappa shape index (κ2) is 8.62. The van der Waals surface area contributed by atoms with E-state index in [1.165, 1.54) is 0 Å². The van der Waals surface area contributed by atoms with E-state index in [4.69, 9.17) is 0 Å². The standard InChI is InChI=1S/C26H46N2O6S2/c1-23(2)17-9-11-25(23,21(29)13-17)15-35(31,32)27-19-7-5-6-8-20(19)28-36(33,34)16-26-12-10-18(14-22(26)30)24(26,3)4/h17-22,27-30H,5-16H2,1-4H3/t17?,18?,19?,20?,21-,22?,25+,26?/m0/s1. The Morgan fingerprint density at radius 1 is 0.667 bits per heavy atom. The zero-order valence-corrected chi connectivity index (χ0v) is 23.9. The molecule has 0 aromatic carbocycles. The largest absolute Gasteiger partial charge is 0.392 e. The van der Waals surface area contributed by atoms with Gasteiger partial charge in [-0.15, -0.1) is 0 Å².